The molecule has 2 N–H and O–H groups in total. The Labute approximate surface area is 172 Å². The summed E-state index contributed by atoms with van der Waals surface area (Å²) in [6.45, 7) is 8.76. The van der Waals surface area contributed by atoms with Gasteiger partial charge in [-0.15, -0.1) is 11.3 Å². The van der Waals surface area contributed by atoms with Gasteiger partial charge in [-0.2, -0.15) is 0 Å². The van der Waals surface area contributed by atoms with E-state index in [1.165, 1.54) is 10.4 Å². The van der Waals surface area contributed by atoms with Gasteiger partial charge in [0.1, 0.15) is 5.75 Å². The van der Waals surface area contributed by atoms with Crippen LogP contribution in [0.4, 0.5) is 0 Å². The summed E-state index contributed by atoms with van der Waals surface area (Å²) in [6, 6.07) is 3.80. The van der Waals surface area contributed by atoms with Crippen molar-refractivity contribution in [2.24, 2.45) is 0 Å². The zero-order valence-electron chi connectivity index (χ0n) is 17.9. The molecule has 6 heteroatoms. The molecule has 154 valence electrons. The van der Waals surface area contributed by atoms with Gasteiger partial charge in [-0.05, 0) is 76.5 Å². The highest BCUT2D eigenvalue weighted by atomic mass is 32.1. The molecule has 2 atom stereocenters. The molecule has 0 spiro atoms. The Morgan fingerprint density at radius 3 is 2.39 bits per heavy atom. The van der Waals surface area contributed by atoms with Crippen LogP contribution >= 0.6 is 11.3 Å². The van der Waals surface area contributed by atoms with Gasteiger partial charge in [0.2, 0.25) is 5.91 Å². The summed E-state index contributed by atoms with van der Waals surface area (Å²) >= 11 is 1.68. The minimum atomic E-state index is 0.0869. The number of likely N-dealkylation sites (N-methyl/N-ethyl adjacent to an activating group) is 1. The maximum Gasteiger partial charge on any atom is 0.220 e. The van der Waals surface area contributed by atoms with Crippen molar-refractivity contribution in [2.45, 2.75) is 58.9 Å². The van der Waals surface area contributed by atoms with E-state index in [0.717, 1.165) is 29.0 Å². The summed E-state index contributed by atoms with van der Waals surface area (Å²) < 4.78 is 0. The molecule has 0 aliphatic heterocycles. The van der Waals surface area contributed by atoms with Crippen molar-refractivity contribution in [3.63, 3.8) is 0 Å². The Bertz CT molecular complexity index is 778. The van der Waals surface area contributed by atoms with Crippen molar-refractivity contribution >= 4 is 17.2 Å². The first kappa shape index (κ1) is 22.4. The Hall–Kier alpha value is -1.92. The van der Waals surface area contributed by atoms with Gasteiger partial charge >= 0.3 is 0 Å². The largest absolute Gasteiger partial charge is 0.508 e. The lowest BCUT2D eigenvalue weighted by atomic mass is 9.95. The predicted molar refractivity (Wildman–Crippen MR) is 116 cm³/mol. The van der Waals surface area contributed by atoms with Crippen LogP contribution in [0.15, 0.2) is 18.3 Å². The van der Waals surface area contributed by atoms with E-state index in [9.17, 15) is 9.90 Å². The fraction of sp³-hybridized carbons (Fsp3) is 0.545. The van der Waals surface area contributed by atoms with Crippen molar-refractivity contribution in [3.05, 3.63) is 44.9 Å². The summed E-state index contributed by atoms with van der Waals surface area (Å²) in [7, 11) is 4.08. The molecule has 1 heterocycles. The fourth-order valence-corrected chi connectivity index (χ4v) is 4.47. The maximum absolute atomic E-state index is 12.6. The molecule has 0 aliphatic rings. The van der Waals surface area contributed by atoms with Gasteiger partial charge in [-0.1, -0.05) is 6.92 Å². The summed E-state index contributed by atoms with van der Waals surface area (Å²) in [6.07, 6.45) is 4.16. The normalized spacial score (nSPS) is 13.5. The van der Waals surface area contributed by atoms with Gasteiger partial charge in [-0.3, -0.25) is 4.79 Å². The molecule has 28 heavy (non-hydrogen) atoms. The quantitative estimate of drug-likeness (QED) is 0.665. The van der Waals surface area contributed by atoms with Gasteiger partial charge in [0, 0.05) is 36.0 Å². The molecule has 0 saturated carbocycles. The number of aryl methyl sites for hydroxylation is 3. The van der Waals surface area contributed by atoms with E-state index >= 15 is 0 Å². The van der Waals surface area contributed by atoms with Crippen LogP contribution in [-0.4, -0.2) is 47.6 Å². The Balaban J connectivity index is 1.98. The number of amides is 1. The second-order valence-electron chi connectivity index (χ2n) is 7.77. The number of nitrogens with zero attached hydrogens (tertiary/aromatic N) is 2. The summed E-state index contributed by atoms with van der Waals surface area (Å²) in [5, 5.41) is 13.9. The number of hydrogen-bond donors (Lipinski definition) is 2. The molecular formula is C22H33N3O2S. The van der Waals surface area contributed by atoms with Gasteiger partial charge in [-0.25, -0.2) is 4.98 Å². The molecule has 5 nitrogen and oxygen atoms in total. The van der Waals surface area contributed by atoms with Crippen LogP contribution < -0.4 is 5.32 Å². The van der Waals surface area contributed by atoms with Crippen molar-refractivity contribution in [1.29, 1.82) is 0 Å². The molecule has 0 aliphatic carbocycles. The Kier molecular flexibility index (Phi) is 8.01. The number of phenolic OH excluding ortho intramolecular Hbond substituents is 1. The van der Waals surface area contributed by atoms with Gasteiger partial charge in [0.05, 0.1) is 5.01 Å². The summed E-state index contributed by atoms with van der Waals surface area (Å²) in [4.78, 5) is 20.2. The molecule has 1 aromatic heterocycles. The second kappa shape index (κ2) is 10.0. The van der Waals surface area contributed by atoms with Gasteiger partial charge in [0.25, 0.3) is 0 Å². The highest BCUT2D eigenvalue weighted by Gasteiger charge is 2.20. The Morgan fingerprint density at radius 1 is 1.25 bits per heavy atom. The smallest absolute Gasteiger partial charge is 0.220 e. The van der Waals surface area contributed by atoms with Gasteiger partial charge in [0.15, 0.2) is 0 Å². The van der Waals surface area contributed by atoms with Crippen LogP contribution in [-0.2, 0) is 11.2 Å². The molecular weight excluding hydrogens is 370 g/mol. The maximum atomic E-state index is 12.6. The van der Waals surface area contributed by atoms with Crippen LogP contribution in [0.5, 0.6) is 5.75 Å². The van der Waals surface area contributed by atoms with Crippen LogP contribution in [0, 0.1) is 20.8 Å². The molecule has 1 aromatic carbocycles. The number of aromatic nitrogens is 1. The molecule has 1 amide bonds. The number of hydrogen-bond acceptors (Lipinski definition) is 5. The fourth-order valence-electron chi connectivity index (χ4n) is 3.51. The van der Waals surface area contributed by atoms with E-state index in [1.54, 1.807) is 23.5 Å². The number of thiazole rings is 1. The molecule has 0 radical (unpaired) electrons. The number of nitrogens with one attached hydrogen (secondary N) is 1. The van der Waals surface area contributed by atoms with E-state index < -0.39 is 0 Å². The third kappa shape index (κ3) is 6.04. The van der Waals surface area contributed by atoms with E-state index in [-0.39, 0.29) is 17.9 Å². The number of phenols is 1. The molecule has 0 saturated heterocycles. The van der Waals surface area contributed by atoms with E-state index in [4.69, 9.17) is 0 Å². The monoisotopic (exact) mass is 403 g/mol. The summed E-state index contributed by atoms with van der Waals surface area (Å²) in [5.74, 6) is 0.617. The highest BCUT2D eigenvalue weighted by Crippen LogP contribution is 2.28. The predicted octanol–water partition coefficient (Wildman–Crippen LogP) is 3.95. The first-order valence-corrected chi connectivity index (χ1v) is 10.7. The summed E-state index contributed by atoms with van der Waals surface area (Å²) in [5.41, 5.74) is 3.40. The Morgan fingerprint density at radius 2 is 1.89 bits per heavy atom. The zero-order chi connectivity index (χ0) is 20.8. The lowest BCUT2D eigenvalue weighted by molar-refractivity contribution is -0.121. The minimum Gasteiger partial charge on any atom is -0.508 e. The number of rotatable bonds is 9. The zero-order valence-corrected chi connectivity index (χ0v) is 18.7. The molecule has 0 fully saturated rings. The first-order chi connectivity index (χ1) is 13.2. The van der Waals surface area contributed by atoms with Crippen LogP contribution in [0.3, 0.4) is 0 Å². The number of carbonyl (C=O) groups is 1. The lowest BCUT2D eigenvalue weighted by Gasteiger charge is -2.26. The van der Waals surface area contributed by atoms with Crippen LogP contribution in [0.25, 0.3) is 0 Å². The topological polar surface area (TPSA) is 65.5 Å². The molecule has 2 unspecified atom stereocenters. The van der Waals surface area contributed by atoms with Crippen LogP contribution in [0.1, 0.15) is 52.3 Å². The number of carbonyl (C=O) groups excluding carboxylic acids is 1. The first-order valence-electron chi connectivity index (χ1n) is 9.85. The average Bonchev–Trinajstić information content (AvgIpc) is 3.04. The van der Waals surface area contributed by atoms with Crippen molar-refractivity contribution in [1.82, 2.24) is 15.2 Å². The average molecular weight is 404 g/mol. The van der Waals surface area contributed by atoms with Crippen molar-refractivity contribution < 1.29 is 9.90 Å². The van der Waals surface area contributed by atoms with E-state index in [0.29, 0.717) is 18.7 Å². The molecule has 2 rings (SSSR count). The molecule has 2 aromatic rings. The minimum absolute atomic E-state index is 0.0869. The van der Waals surface area contributed by atoms with E-state index in [1.807, 2.05) is 41.1 Å². The van der Waals surface area contributed by atoms with Crippen LogP contribution in [0.2, 0.25) is 0 Å². The third-order valence-electron chi connectivity index (χ3n) is 5.35. The van der Waals surface area contributed by atoms with Crippen molar-refractivity contribution in [3.8, 4) is 5.75 Å². The second-order valence-corrected chi connectivity index (χ2v) is 9.04. The number of aromatic hydroxyl groups is 1. The number of benzene rings is 1. The highest BCUT2D eigenvalue weighted by molar-refractivity contribution is 7.11. The van der Waals surface area contributed by atoms with E-state index in [2.05, 4.69) is 22.1 Å². The molecule has 0 bridgehead atoms. The standard InChI is InChI=1S/C22H33N3O2S/c1-7-17(21-13-23-16(4)28-21)10-22(27)24-12-18(25(5)6)11-20-14(2)8-19(26)9-15(20)3/h8-9,13,17-18,26H,7,10-12H2,1-6H3,(H,24,27). The van der Waals surface area contributed by atoms with Crippen molar-refractivity contribution in [2.75, 3.05) is 20.6 Å². The lowest BCUT2D eigenvalue weighted by Crippen LogP contribution is -2.42. The third-order valence-corrected chi connectivity index (χ3v) is 6.43. The SMILES string of the molecule is CCC(CC(=O)NCC(Cc1c(C)cc(O)cc1C)N(C)C)c1cnc(C)s1. The van der Waals surface area contributed by atoms with Gasteiger partial charge < -0.3 is 15.3 Å².